The molecule has 3 nitrogen and oxygen atoms in total. The van der Waals surface area contributed by atoms with Crippen molar-refractivity contribution in [3.05, 3.63) is 47.5 Å². The molecule has 0 aliphatic heterocycles. The van der Waals surface area contributed by atoms with Crippen molar-refractivity contribution in [1.82, 2.24) is 9.55 Å². The van der Waals surface area contributed by atoms with Gasteiger partial charge in [-0.3, -0.25) is 0 Å². The third-order valence-electron chi connectivity index (χ3n) is 3.08. The van der Waals surface area contributed by atoms with Gasteiger partial charge in [-0.05, 0) is 38.0 Å². The molecule has 1 unspecified atom stereocenters. The number of nitrogens with one attached hydrogen (secondary N) is 1. The minimum absolute atomic E-state index is 0.0954. The summed E-state index contributed by atoms with van der Waals surface area (Å²) in [5.41, 5.74) is 2.05. The summed E-state index contributed by atoms with van der Waals surface area (Å²) in [7, 11) is 0. The number of hydrogen-bond acceptors (Lipinski definition) is 2. The van der Waals surface area contributed by atoms with E-state index in [1.807, 2.05) is 20.0 Å². The summed E-state index contributed by atoms with van der Waals surface area (Å²) in [6.07, 6.45) is 3.11. The summed E-state index contributed by atoms with van der Waals surface area (Å²) < 4.78 is 15.0. The second-order valence-corrected chi connectivity index (χ2v) is 4.82. The van der Waals surface area contributed by atoms with E-state index in [9.17, 15) is 4.39 Å². The minimum atomic E-state index is -0.209. The Hall–Kier alpha value is -1.84. The molecule has 1 heterocycles. The predicted octanol–water partition coefficient (Wildman–Crippen LogP) is 3.91. The zero-order valence-corrected chi connectivity index (χ0v) is 11.7. The second kappa shape index (κ2) is 5.87. The molecule has 19 heavy (non-hydrogen) atoms. The summed E-state index contributed by atoms with van der Waals surface area (Å²) in [5.74, 6) is 0.662. The van der Waals surface area contributed by atoms with Crippen molar-refractivity contribution in [3.63, 3.8) is 0 Å². The maximum atomic E-state index is 12.9. The van der Waals surface area contributed by atoms with Crippen molar-refractivity contribution in [1.29, 1.82) is 0 Å². The van der Waals surface area contributed by atoms with Crippen molar-refractivity contribution < 1.29 is 4.39 Å². The van der Waals surface area contributed by atoms with Gasteiger partial charge in [0.15, 0.2) is 0 Å². The molecule has 0 amide bonds. The number of rotatable bonds is 5. The molecule has 1 atom stereocenters. The number of imidazole rings is 1. The number of halogens is 1. The maximum Gasteiger partial charge on any atom is 0.203 e. The molecular formula is C15H20FN3. The summed E-state index contributed by atoms with van der Waals surface area (Å²) in [5, 5.41) is 3.38. The lowest BCUT2D eigenvalue weighted by Crippen LogP contribution is -2.11. The summed E-state index contributed by atoms with van der Waals surface area (Å²) >= 11 is 0. The third-order valence-corrected chi connectivity index (χ3v) is 3.08. The van der Waals surface area contributed by atoms with Gasteiger partial charge in [0.05, 0.1) is 11.7 Å². The van der Waals surface area contributed by atoms with Gasteiger partial charge in [-0.25, -0.2) is 9.37 Å². The molecule has 2 aromatic rings. The lowest BCUT2D eigenvalue weighted by atomic mass is 10.1. The van der Waals surface area contributed by atoms with Crippen LogP contribution in [0.1, 0.15) is 37.6 Å². The van der Waals surface area contributed by atoms with Crippen LogP contribution in [0.2, 0.25) is 0 Å². The number of aromatic nitrogens is 2. The number of hydrogen-bond donors (Lipinski definition) is 1. The largest absolute Gasteiger partial charge is 0.349 e. The Labute approximate surface area is 113 Å². The Morgan fingerprint density at radius 3 is 2.63 bits per heavy atom. The van der Waals surface area contributed by atoms with Crippen LogP contribution in [-0.4, -0.2) is 9.55 Å². The van der Waals surface area contributed by atoms with E-state index in [2.05, 4.69) is 21.8 Å². The van der Waals surface area contributed by atoms with Crippen LogP contribution < -0.4 is 5.32 Å². The quantitative estimate of drug-likeness (QED) is 0.884. The Kier molecular flexibility index (Phi) is 4.20. The summed E-state index contributed by atoms with van der Waals surface area (Å²) in [6, 6.07) is 6.66. The standard InChI is InChI=1S/C15H20FN3/c1-4-9-19-10-11(2)17-15(19)18-12(3)13-5-7-14(16)8-6-13/h5-8,10,12H,4,9H2,1-3H3,(H,17,18). The normalized spacial score (nSPS) is 12.4. The van der Waals surface area contributed by atoms with Crippen LogP contribution in [0.3, 0.4) is 0 Å². The number of anilines is 1. The van der Waals surface area contributed by atoms with Gasteiger partial charge in [0.25, 0.3) is 0 Å². The van der Waals surface area contributed by atoms with E-state index in [0.29, 0.717) is 0 Å². The second-order valence-electron chi connectivity index (χ2n) is 4.82. The fraction of sp³-hybridized carbons (Fsp3) is 0.400. The van der Waals surface area contributed by atoms with Crippen LogP contribution in [0.5, 0.6) is 0 Å². The van der Waals surface area contributed by atoms with Crippen LogP contribution in [0.15, 0.2) is 30.5 Å². The molecule has 0 spiro atoms. The maximum absolute atomic E-state index is 12.9. The van der Waals surface area contributed by atoms with Crippen molar-refractivity contribution in [2.24, 2.45) is 0 Å². The molecule has 102 valence electrons. The zero-order valence-electron chi connectivity index (χ0n) is 11.7. The smallest absolute Gasteiger partial charge is 0.203 e. The molecule has 0 bridgehead atoms. The molecule has 0 saturated heterocycles. The molecule has 1 aromatic heterocycles. The molecule has 2 rings (SSSR count). The van der Waals surface area contributed by atoms with E-state index >= 15 is 0 Å². The van der Waals surface area contributed by atoms with Crippen LogP contribution in [-0.2, 0) is 6.54 Å². The number of aryl methyl sites for hydroxylation is 2. The Morgan fingerprint density at radius 2 is 2.00 bits per heavy atom. The number of benzene rings is 1. The lowest BCUT2D eigenvalue weighted by molar-refractivity contribution is 0.626. The molecule has 0 saturated carbocycles. The van der Waals surface area contributed by atoms with Crippen LogP contribution in [0.25, 0.3) is 0 Å². The highest BCUT2D eigenvalue weighted by Gasteiger charge is 2.10. The van der Waals surface area contributed by atoms with Crippen molar-refractivity contribution >= 4 is 5.95 Å². The topological polar surface area (TPSA) is 29.9 Å². The highest BCUT2D eigenvalue weighted by atomic mass is 19.1. The van der Waals surface area contributed by atoms with Crippen LogP contribution in [0.4, 0.5) is 10.3 Å². The first-order valence-electron chi connectivity index (χ1n) is 6.66. The Balaban J connectivity index is 2.14. The first kappa shape index (κ1) is 13.6. The number of nitrogens with zero attached hydrogens (tertiary/aromatic N) is 2. The first-order chi connectivity index (χ1) is 9.10. The van der Waals surface area contributed by atoms with E-state index in [1.54, 1.807) is 12.1 Å². The lowest BCUT2D eigenvalue weighted by Gasteiger charge is -2.16. The Bertz CT molecular complexity index is 531. The third kappa shape index (κ3) is 3.34. The van der Waals surface area contributed by atoms with Gasteiger partial charge < -0.3 is 9.88 Å². The average molecular weight is 261 g/mol. The molecule has 1 aromatic carbocycles. The van der Waals surface area contributed by atoms with Crippen molar-refractivity contribution in [2.45, 2.75) is 39.8 Å². The van der Waals surface area contributed by atoms with Gasteiger partial charge in [-0.1, -0.05) is 19.1 Å². The van der Waals surface area contributed by atoms with Gasteiger partial charge >= 0.3 is 0 Å². The molecule has 0 fully saturated rings. The monoisotopic (exact) mass is 261 g/mol. The molecule has 0 radical (unpaired) electrons. The zero-order chi connectivity index (χ0) is 13.8. The van der Waals surface area contributed by atoms with E-state index in [1.165, 1.54) is 12.1 Å². The Morgan fingerprint density at radius 1 is 1.32 bits per heavy atom. The van der Waals surface area contributed by atoms with Crippen LogP contribution >= 0.6 is 0 Å². The average Bonchev–Trinajstić information content (AvgIpc) is 2.71. The van der Waals surface area contributed by atoms with Gasteiger partial charge in [-0.2, -0.15) is 0 Å². The van der Waals surface area contributed by atoms with E-state index in [0.717, 1.165) is 30.2 Å². The molecule has 4 heteroatoms. The van der Waals surface area contributed by atoms with Crippen LogP contribution in [0, 0.1) is 12.7 Å². The summed E-state index contributed by atoms with van der Waals surface area (Å²) in [4.78, 5) is 4.49. The van der Waals surface area contributed by atoms with E-state index < -0.39 is 0 Å². The molecule has 1 N–H and O–H groups in total. The SMILES string of the molecule is CCCn1cc(C)nc1NC(C)c1ccc(F)cc1. The van der Waals surface area contributed by atoms with Gasteiger partial charge in [0, 0.05) is 12.7 Å². The molecular weight excluding hydrogens is 241 g/mol. The molecule has 0 aliphatic rings. The first-order valence-corrected chi connectivity index (χ1v) is 6.66. The van der Waals surface area contributed by atoms with Crippen molar-refractivity contribution in [3.8, 4) is 0 Å². The fourth-order valence-corrected chi connectivity index (χ4v) is 2.10. The van der Waals surface area contributed by atoms with E-state index in [-0.39, 0.29) is 11.9 Å². The predicted molar refractivity (Wildman–Crippen MR) is 75.7 cm³/mol. The minimum Gasteiger partial charge on any atom is -0.349 e. The van der Waals surface area contributed by atoms with Gasteiger partial charge in [-0.15, -0.1) is 0 Å². The van der Waals surface area contributed by atoms with Crippen molar-refractivity contribution in [2.75, 3.05) is 5.32 Å². The van der Waals surface area contributed by atoms with Gasteiger partial charge in [0.2, 0.25) is 5.95 Å². The van der Waals surface area contributed by atoms with Gasteiger partial charge in [0.1, 0.15) is 5.82 Å². The highest BCUT2D eigenvalue weighted by Crippen LogP contribution is 2.19. The molecule has 0 aliphatic carbocycles. The van der Waals surface area contributed by atoms with E-state index in [4.69, 9.17) is 0 Å². The summed E-state index contributed by atoms with van der Waals surface area (Å²) in [6.45, 7) is 7.12. The fourth-order valence-electron chi connectivity index (χ4n) is 2.10. The highest BCUT2D eigenvalue weighted by molar-refractivity contribution is 5.34.